The average molecular weight is 501 g/mol. The third-order valence-electron chi connectivity index (χ3n) is 7.22. The molecule has 1 spiro atoms. The maximum atomic E-state index is 13.1. The number of pyridine rings is 1. The van der Waals surface area contributed by atoms with E-state index >= 15 is 0 Å². The predicted octanol–water partition coefficient (Wildman–Crippen LogP) is 5.50. The molecule has 3 heterocycles. The summed E-state index contributed by atoms with van der Waals surface area (Å²) in [6.07, 6.45) is 3.03. The van der Waals surface area contributed by atoms with Gasteiger partial charge in [0.05, 0.1) is 7.11 Å². The molecule has 0 bridgehead atoms. The quantitative estimate of drug-likeness (QED) is 0.442. The van der Waals surface area contributed by atoms with Crippen molar-refractivity contribution in [1.82, 2.24) is 14.8 Å². The van der Waals surface area contributed by atoms with Crippen molar-refractivity contribution in [2.45, 2.75) is 46.0 Å². The number of benzene rings is 1. The van der Waals surface area contributed by atoms with Gasteiger partial charge in [0.2, 0.25) is 5.88 Å². The minimum absolute atomic E-state index is 0.0229. The number of carbonyl (C=O) groups is 1. The van der Waals surface area contributed by atoms with E-state index in [1.165, 1.54) is 18.2 Å². The summed E-state index contributed by atoms with van der Waals surface area (Å²) < 4.78 is 5.16. The van der Waals surface area contributed by atoms with Crippen LogP contribution in [0.4, 0.5) is 5.69 Å². The first-order chi connectivity index (χ1) is 16.2. The Morgan fingerprint density at radius 3 is 2.50 bits per heavy atom. The molecule has 1 aromatic heterocycles. The van der Waals surface area contributed by atoms with Gasteiger partial charge in [-0.2, -0.15) is 0 Å². The lowest BCUT2D eigenvalue weighted by molar-refractivity contribution is 0.0598. The van der Waals surface area contributed by atoms with Crippen molar-refractivity contribution in [1.29, 1.82) is 0 Å². The van der Waals surface area contributed by atoms with Crippen LogP contribution in [0.15, 0.2) is 30.3 Å². The molecule has 4 rings (SSSR count). The molecule has 0 radical (unpaired) electrons. The van der Waals surface area contributed by atoms with Crippen LogP contribution in [0, 0.1) is 12.3 Å². The number of piperidine rings is 1. The molecule has 0 saturated carbocycles. The lowest BCUT2D eigenvalue weighted by Crippen LogP contribution is -2.45. The highest BCUT2D eigenvalue weighted by Crippen LogP contribution is 2.41. The summed E-state index contributed by atoms with van der Waals surface area (Å²) >= 11 is 11.9. The monoisotopic (exact) mass is 500 g/mol. The van der Waals surface area contributed by atoms with Crippen LogP contribution >= 0.6 is 23.8 Å². The Labute approximate surface area is 212 Å². The molecule has 2 aliphatic heterocycles. The van der Waals surface area contributed by atoms with Gasteiger partial charge in [-0.1, -0.05) is 43.6 Å². The fourth-order valence-electron chi connectivity index (χ4n) is 5.11. The van der Waals surface area contributed by atoms with Crippen LogP contribution in [0.25, 0.3) is 0 Å². The van der Waals surface area contributed by atoms with Crippen molar-refractivity contribution in [2.75, 3.05) is 38.6 Å². The molecule has 2 saturated heterocycles. The largest absolute Gasteiger partial charge is 0.481 e. The van der Waals surface area contributed by atoms with Gasteiger partial charge < -0.3 is 19.9 Å². The van der Waals surface area contributed by atoms with Crippen LogP contribution in [-0.4, -0.2) is 59.1 Å². The molecule has 1 N–H and O–H groups in total. The van der Waals surface area contributed by atoms with Gasteiger partial charge in [-0.05, 0) is 66.9 Å². The van der Waals surface area contributed by atoms with Crippen LogP contribution in [-0.2, 0) is 0 Å². The molecule has 2 aromatic rings. The summed E-state index contributed by atoms with van der Waals surface area (Å²) in [7, 11) is 1.52. The molecular weight excluding hydrogens is 468 g/mol. The predicted molar refractivity (Wildman–Crippen MR) is 141 cm³/mol. The molecule has 0 aliphatic carbocycles. The Hall–Kier alpha value is -2.38. The van der Waals surface area contributed by atoms with Gasteiger partial charge in [-0.15, -0.1) is 0 Å². The Balaban J connectivity index is 1.38. The number of halogens is 1. The smallest absolute Gasteiger partial charge is 0.254 e. The van der Waals surface area contributed by atoms with Crippen LogP contribution in [0.1, 0.15) is 60.5 Å². The molecule has 2 aliphatic rings. The highest BCUT2D eigenvalue weighted by Gasteiger charge is 2.42. The van der Waals surface area contributed by atoms with E-state index in [9.17, 15) is 4.79 Å². The zero-order valence-electron chi connectivity index (χ0n) is 20.4. The highest BCUT2D eigenvalue weighted by molar-refractivity contribution is 7.80. The van der Waals surface area contributed by atoms with Gasteiger partial charge in [-0.25, -0.2) is 4.98 Å². The number of aryl methyl sites for hydroxylation is 1. The number of para-hydroxylation sites is 1. The van der Waals surface area contributed by atoms with E-state index in [1.54, 1.807) is 12.1 Å². The summed E-state index contributed by atoms with van der Waals surface area (Å²) in [5, 5.41) is 4.61. The van der Waals surface area contributed by atoms with Gasteiger partial charge in [0.15, 0.2) is 5.11 Å². The number of nitrogens with one attached hydrogen (secondary N) is 1. The van der Waals surface area contributed by atoms with Gasteiger partial charge in [0.1, 0.15) is 5.15 Å². The second kappa shape index (κ2) is 10.1. The zero-order valence-corrected chi connectivity index (χ0v) is 21.9. The Bertz CT molecular complexity index is 1080. The van der Waals surface area contributed by atoms with Crippen molar-refractivity contribution in [3.63, 3.8) is 0 Å². The van der Waals surface area contributed by atoms with Crippen LogP contribution in [0.5, 0.6) is 5.88 Å². The number of rotatable bonds is 4. The van der Waals surface area contributed by atoms with Gasteiger partial charge in [0, 0.05) is 43.5 Å². The van der Waals surface area contributed by atoms with E-state index in [0.717, 1.165) is 56.2 Å². The molecule has 182 valence electrons. The summed E-state index contributed by atoms with van der Waals surface area (Å²) in [5.41, 5.74) is 4.35. The highest BCUT2D eigenvalue weighted by atomic mass is 35.5. The second-order valence-corrected chi connectivity index (χ2v) is 10.6. The summed E-state index contributed by atoms with van der Waals surface area (Å²) in [6, 6.07) is 9.66. The number of aromatic nitrogens is 1. The van der Waals surface area contributed by atoms with Crippen molar-refractivity contribution < 1.29 is 9.53 Å². The number of hydrogen-bond acceptors (Lipinski definition) is 4. The first-order valence-corrected chi connectivity index (χ1v) is 12.7. The number of carbonyl (C=O) groups excluding carboxylic acids is 1. The van der Waals surface area contributed by atoms with E-state index in [-0.39, 0.29) is 16.5 Å². The molecule has 1 amide bonds. The minimum Gasteiger partial charge on any atom is -0.481 e. The molecule has 8 heteroatoms. The first-order valence-electron chi connectivity index (χ1n) is 11.9. The summed E-state index contributed by atoms with van der Waals surface area (Å²) in [5.74, 6) is 0.753. The van der Waals surface area contributed by atoms with Gasteiger partial charge in [0.25, 0.3) is 5.91 Å². The number of likely N-dealkylation sites (tertiary alicyclic amines) is 2. The normalized spacial score (nSPS) is 17.4. The lowest BCUT2D eigenvalue weighted by atomic mass is 9.77. The number of thiocarbonyl (C=S) groups is 1. The maximum Gasteiger partial charge on any atom is 0.254 e. The van der Waals surface area contributed by atoms with E-state index in [4.69, 9.17) is 28.6 Å². The number of methoxy groups -OCH3 is 1. The Morgan fingerprint density at radius 2 is 1.85 bits per heavy atom. The van der Waals surface area contributed by atoms with E-state index in [1.807, 2.05) is 4.90 Å². The number of hydrogen-bond donors (Lipinski definition) is 1. The topological polar surface area (TPSA) is 57.7 Å². The van der Waals surface area contributed by atoms with Gasteiger partial charge in [-0.3, -0.25) is 4.79 Å². The number of anilines is 1. The molecule has 6 nitrogen and oxygen atoms in total. The van der Waals surface area contributed by atoms with E-state index in [2.05, 4.69) is 54.2 Å². The van der Waals surface area contributed by atoms with E-state index < -0.39 is 0 Å². The maximum absolute atomic E-state index is 13.1. The molecule has 1 aromatic carbocycles. The Kier molecular flexibility index (Phi) is 7.33. The second-order valence-electron chi connectivity index (χ2n) is 9.81. The van der Waals surface area contributed by atoms with Crippen LogP contribution in [0.2, 0.25) is 5.15 Å². The SMILES string of the molecule is COc1cc(C(=O)N2CCC3(CC2)CCN(C(=S)Nc2c(C)cccc2C(C)C)C3)cc(Cl)n1. The third kappa shape index (κ3) is 5.15. The van der Waals surface area contributed by atoms with Crippen molar-refractivity contribution in [3.05, 3.63) is 52.2 Å². The molecule has 34 heavy (non-hydrogen) atoms. The van der Waals surface area contributed by atoms with Crippen molar-refractivity contribution in [2.24, 2.45) is 5.41 Å². The number of amides is 1. The summed E-state index contributed by atoms with van der Waals surface area (Å²) in [6.45, 7) is 9.87. The fourth-order valence-corrected chi connectivity index (χ4v) is 5.57. The van der Waals surface area contributed by atoms with Crippen molar-refractivity contribution >= 4 is 40.5 Å². The number of nitrogens with zero attached hydrogens (tertiary/aromatic N) is 3. The Morgan fingerprint density at radius 1 is 1.18 bits per heavy atom. The van der Waals surface area contributed by atoms with Crippen LogP contribution < -0.4 is 10.1 Å². The minimum atomic E-state index is -0.0229. The molecule has 2 fully saturated rings. The van der Waals surface area contributed by atoms with E-state index in [0.29, 0.717) is 17.4 Å². The lowest BCUT2D eigenvalue weighted by Gasteiger charge is -2.39. The third-order valence-corrected chi connectivity index (χ3v) is 7.78. The standard InChI is InChI=1S/C26H33ClN4O2S/c1-17(2)20-7-5-6-18(3)23(20)29-25(34)31-13-10-26(16-31)8-11-30(12-9-26)24(32)19-14-21(27)28-22(15-19)33-4/h5-7,14-15,17H,8-13,16H2,1-4H3,(H,29,34). The number of ether oxygens (including phenoxy) is 1. The fraction of sp³-hybridized carbons (Fsp3) is 0.500. The molecular formula is C26H33ClN4O2S. The molecule has 0 atom stereocenters. The van der Waals surface area contributed by atoms with Gasteiger partial charge >= 0.3 is 0 Å². The van der Waals surface area contributed by atoms with Crippen LogP contribution in [0.3, 0.4) is 0 Å². The van der Waals surface area contributed by atoms with Crippen molar-refractivity contribution in [3.8, 4) is 5.88 Å². The zero-order chi connectivity index (χ0) is 24.5. The first kappa shape index (κ1) is 24.7. The summed E-state index contributed by atoms with van der Waals surface area (Å²) in [4.78, 5) is 21.3. The average Bonchev–Trinajstić information content (AvgIpc) is 3.23. The molecule has 0 unspecified atom stereocenters.